The average Bonchev–Trinajstić information content (AvgIpc) is 3.47. The zero-order valence-corrected chi connectivity index (χ0v) is 15.5. The van der Waals surface area contributed by atoms with Crippen LogP contribution in [0.25, 0.3) is 33.6 Å². The highest BCUT2D eigenvalue weighted by atomic mass is 16.4. The number of carbonyl (C=O) groups is 1. The highest BCUT2D eigenvalue weighted by Gasteiger charge is 2.17. The molecule has 29 heavy (non-hydrogen) atoms. The van der Waals surface area contributed by atoms with Crippen LogP contribution in [0.4, 0.5) is 0 Å². The second-order valence-electron chi connectivity index (χ2n) is 6.69. The monoisotopic (exact) mass is 384 g/mol. The number of Topliss-reactive ketones (excluding diaryl/α,β-unsaturated/α-hetero) is 1. The summed E-state index contributed by atoms with van der Waals surface area (Å²) in [7, 11) is 1.87. The molecule has 0 saturated carbocycles. The molecular weight excluding hydrogens is 368 g/mol. The number of hydrogen-bond donors (Lipinski definition) is 1. The van der Waals surface area contributed by atoms with Crippen molar-refractivity contribution in [2.75, 3.05) is 0 Å². The molecule has 0 saturated heterocycles. The van der Waals surface area contributed by atoms with Crippen molar-refractivity contribution >= 4 is 16.8 Å². The number of H-pyrrole nitrogens is 1. The van der Waals surface area contributed by atoms with E-state index in [2.05, 4.69) is 25.3 Å². The van der Waals surface area contributed by atoms with Crippen LogP contribution in [0.3, 0.4) is 0 Å². The number of rotatable bonds is 5. The Morgan fingerprint density at radius 3 is 2.79 bits per heavy atom. The van der Waals surface area contributed by atoms with Gasteiger partial charge in [-0.25, -0.2) is 4.98 Å². The first-order valence-corrected chi connectivity index (χ1v) is 9.04. The number of ketones is 1. The Morgan fingerprint density at radius 2 is 2.00 bits per heavy atom. The SMILES string of the molecule is Cn1cc(-c2cnc3[nH]cc(-c4nnc(CC(=O)c5ccccc5)o4)c3c2)cn1. The van der Waals surface area contributed by atoms with Gasteiger partial charge in [0.15, 0.2) is 5.78 Å². The molecule has 0 aliphatic heterocycles. The van der Waals surface area contributed by atoms with Crippen molar-refractivity contribution in [3.8, 4) is 22.6 Å². The summed E-state index contributed by atoms with van der Waals surface area (Å²) < 4.78 is 7.51. The van der Waals surface area contributed by atoms with E-state index in [1.807, 2.05) is 37.5 Å². The lowest BCUT2D eigenvalue weighted by Crippen LogP contribution is -2.03. The Balaban J connectivity index is 1.46. The number of nitrogens with zero attached hydrogens (tertiary/aromatic N) is 5. The number of aromatic nitrogens is 6. The minimum absolute atomic E-state index is 0.0541. The van der Waals surface area contributed by atoms with Gasteiger partial charge in [0.2, 0.25) is 11.8 Å². The molecule has 0 amide bonds. The van der Waals surface area contributed by atoms with Crippen LogP contribution < -0.4 is 0 Å². The van der Waals surface area contributed by atoms with Crippen LogP contribution in [-0.2, 0) is 13.5 Å². The molecule has 0 unspecified atom stereocenters. The Kier molecular flexibility index (Phi) is 4.02. The summed E-state index contributed by atoms with van der Waals surface area (Å²) in [4.78, 5) is 20.0. The third-order valence-electron chi connectivity index (χ3n) is 4.67. The minimum atomic E-state index is -0.0692. The van der Waals surface area contributed by atoms with Gasteiger partial charge in [-0.05, 0) is 6.07 Å². The van der Waals surface area contributed by atoms with E-state index in [1.165, 1.54) is 0 Å². The van der Waals surface area contributed by atoms with Gasteiger partial charge in [-0.1, -0.05) is 30.3 Å². The number of fused-ring (bicyclic) bond motifs is 1. The number of pyridine rings is 1. The lowest BCUT2D eigenvalue weighted by atomic mass is 10.1. The van der Waals surface area contributed by atoms with Gasteiger partial charge in [0.25, 0.3) is 0 Å². The standard InChI is InChI=1S/C21H16N6O2/c1-27-12-15(10-24-27)14-7-16-17(11-23-20(16)22-9-14)21-26-25-19(29-21)8-18(28)13-5-3-2-4-6-13/h2-7,9-12H,8H2,1H3,(H,22,23). The fourth-order valence-corrected chi connectivity index (χ4v) is 3.21. The Labute approximate surface area is 165 Å². The molecular formula is C21H16N6O2. The normalized spacial score (nSPS) is 11.2. The largest absolute Gasteiger partial charge is 0.420 e. The van der Waals surface area contributed by atoms with Crippen molar-refractivity contribution in [1.29, 1.82) is 0 Å². The zero-order valence-electron chi connectivity index (χ0n) is 15.5. The first kappa shape index (κ1) is 17.1. The fourth-order valence-electron chi connectivity index (χ4n) is 3.21. The maximum atomic E-state index is 12.4. The van der Waals surface area contributed by atoms with E-state index in [-0.39, 0.29) is 18.1 Å². The van der Waals surface area contributed by atoms with Crippen molar-refractivity contribution in [2.24, 2.45) is 7.05 Å². The Hall–Kier alpha value is -4.07. The number of aromatic amines is 1. The molecule has 0 aliphatic rings. The van der Waals surface area contributed by atoms with Crippen LogP contribution in [0.2, 0.25) is 0 Å². The van der Waals surface area contributed by atoms with E-state index in [0.29, 0.717) is 17.1 Å². The van der Waals surface area contributed by atoms with E-state index in [4.69, 9.17) is 4.42 Å². The van der Waals surface area contributed by atoms with Crippen molar-refractivity contribution in [3.63, 3.8) is 0 Å². The number of nitrogens with one attached hydrogen (secondary N) is 1. The number of aryl methyl sites for hydroxylation is 1. The molecule has 8 nitrogen and oxygen atoms in total. The van der Waals surface area contributed by atoms with E-state index in [9.17, 15) is 4.79 Å². The Bertz CT molecular complexity index is 1320. The smallest absolute Gasteiger partial charge is 0.249 e. The minimum Gasteiger partial charge on any atom is -0.420 e. The fraction of sp³-hybridized carbons (Fsp3) is 0.0952. The molecule has 8 heteroatoms. The highest BCUT2D eigenvalue weighted by molar-refractivity contribution is 5.97. The molecule has 0 spiro atoms. The van der Waals surface area contributed by atoms with Gasteiger partial charge in [0.05, 0.1) is 18.2 Å². The zero-order chi connectivity index (χ0) is 19.8. The molecule has 5 aromatic rings. The molecule has 0 atom stereocenters. The van der Waals surface area contributed by atoms with Gasteiger partial charge in [-0.3, -0.25) is 9.48 Å². The molecule has 142 valence electrons. The van der Waals surface area contributed by atoms with Gasteiger partial charge in [0.1, 0.15) is 5.65 Å². The second kappa shape index (κ2) is 6.83. The van der Waals surface area contributed by atoms with Crippen molar-refractivity contribution in [1.82, 2.24) is 29.9 Å². The van der Waals surface area contributed by atoms with Gasteiger partial charge in [-0.2, -0.15) is 5.10 Å². The number of benzene rings is 1. The van der Waals surface area contributed by atoms with Crippen LogP contribution in [0, 0.1) is 0 Å². The topological polar surface area (TPSA) is 102 Å². The molecule has 0 aliphatic carbocycles. The highest BCUT2D eigenvalue weighted by Crippen LogP contribution is 2.30. The summed E-state index contributed by atoms with van der Waals surface area (Å²) in [6.07, 6.45) is 7.33. The van der Waals surface area contributed by atoms with Gasteiger partial charge < -0.3 is 9.40 Å². The quantitative estimate of drug-likeness (QED) is 0.466. The molecule has 5 rings (SSSR count). The first-order valence-electron chi connectivity index (χ1n) is 9.04. The van der Waals surface area contributed by atoms with Gasteiger partial charge in [0, 0.05) is 47.7 Å². The van der Waals surface area contributed by atoms with Crippen LogP contribution >= 0.6 is 0 Å². The summed E-state index contributed by atoms with van der Waals surface area (Å²) in [5.74, 6) is 0.553. The summed E-state index contributed by atoms with van der Waals surface area (Å²) in [6.45, 7) is 0. The molecule has 4 heterocycles. The third-order valence-corrected chi connectivity index (χ3v) is 4.67. The van der Waals surface area contributed by atoms with Crippen molar-refractivity contribution < 1.29 is 9.21 Å². The van der Waals surface area contributed by atoms with E-state index in [0.717, 1.165) is 22.1 Å². The second-order valence-corrected chi connectivity index (χ2v) is 6.69. The van der Waals surface area contributed by atoms with E-state index >= 15 is 0 Å². The van der Waals surface area contributed by atoms with Gasteiger partial charge >= 0.3 is 0 Å². The molecule has 1 N–H and O–H groups in total. The van der Waals surface area contributed by atoms with Crippen LogP contribution in [0.15, 0.2) is 65.6 Å². The van der Waals surface area contributed by atoms with Crippen LogP contribution in [-0.4, -0.2) is 35.7 Å². The maximum Gasteiger partial charge on any atom is 0.249 e. The molecule has 0 radical (unpaired) electrons. The number of carbonyl (C=O) groups excluding carboxylic acids is 1. The lowest BCUT2D eigenvalue weighted by molar-refractivity contribution is 0.0985. The van der Waals surface area contributed by atoms with E-state index in [1.54, 1.807) is 35.4 Å². The predicted molar refractivity (Wildman–Crippen MR) is 106 cm³/mol. The maximum absolute atomic E-state index is 12.4. The predicted octanol–water partition coefficient (Wildman–Crippen LogP) is 3.44. The first-order chi connectivity index (χ1) is 14.2. The summed E-state index contributed by atoms with van der Waals surface area (Å²) in [5.41, 5.74) is 3.97. The molecule has 1 aromatic carbocycles. The van der Waals surface area contributed by atoms with E-state index < -0.39 is 0 Å². The molecule has 0 fully saturated rings. The van der Waals surface area contributed by atoms with Gasteiger partial charge in [-0.15, -0.1) is 10.2 Å². The summed E-state index contributed by atoms with van der Waals surface area (Å²) >= 11 is 0. The summed E-state index contributed by atoms with van der Waals surface area (Å²) in [5, 5.41) is 13.2. The third kappa shape index (κ3) is 3.20. The average molecular weight is 384 g/mol. The molecule has 4 aromatic heterocycles. The van der Waals surface area contributed by atoms with Crippen molar-refractivity contribution in [2.45, 2.75) is 6.42 Å². The van der Waals surface area contributed by atoms with Crippen molar-refractivity contribution in [3.05, 3.63) is 72.6 Å². The summed E-state index contributed by atoms with van der Waals surface area (Å²) in [6, 6.07) is 11.1. The molecule has 0 bridgehead atoms. The van der Waals surface area contributed by atoms with Crippen LogP contribution in [0.1, 0.15) is 16.2 Å². The Morgan fingerprint density at radius 1 is 1.14 bits per heavy atom. The van der Waals surface area contributed by atoms with Crippen LogP contribution in [0.5, 0.6) is 0 Å². The number of hydrogen-bond acceptors (Lipinski definition) is 6. The lowest BCUT2D eigenvalue weighted by Gasteiger charge is -1.99.